The lowest BCUT2D eigenvalue weighted by molar-refractivity contribution is -0.127. The van der Waals surface area contributed by atoms with Crippen molar-refractivity contribution in [2.24, 2.45) is 0 Å². The molecule has 0 saturated carbocycles. The minimum atomic E-state index is -0.625. The van der Waals surface area contributed by atoms with Gasteiger partial charge in [0.25, 0.3) is 5.91 Å². The van der Waals surface area contributed by atoms with Crippen molar-refractivity contribution in [3.8, 4) is 5.75 Å². The number of rotatable bonds is 9. The lowest BCUT2D eigenvalue weighted by atomic mass is 10.0. The average molecular weight is 402 g/mol. The van der Waals surface area contributed by atoms with Gasteiger partial charge in [-0.05, 0) is 56.5 Å². The van der Waals surface area contributed by atoms with Crippen LogP contribution in [0.4, 0.5) is 0 Å². The summed E-state index contributed by atoms with van der Waals surface area (Å²) in [6.45, 7) is 3.72. The third kappa shape index (κ3) is 6.05. The van der Waals surface area contributed by atoms with E-state index in [0.717, 1.165) is 12.8 Å². The highest BCUT2D eigenvalue weighted by Gasteiger charge is 2.17. The normalized spacial score (nSPS) is 12.6. The number of benzene rings is 3. The molecule has 2 atom stereocenters. The molecule has 3 aromatic rings. The summed E-state index contributed by atoms with van der Waals surface area (Å²) in [6.07, 6.45) is 1.15. The minimum Gasteiger partial charge on any atom is -0.481 e. The maximum Gasteiger partial charge on any atom is 0.260 e. The van der Waals surface area contributed by atoms with Gasteiger partial charge < -0.3 is 10.1 Å². The van der Waals surface area contributed by atoms with Crippen molar-refractivity contribution >= 4 is 11.7 Å². The molecule has 0 unspecified atom stereocenters. The van der Waals surface area contributed by atoms with E-state index in [9.17, 15) is 9.59 Å². The van der Waals surface area contributed by atoms with E-state index in [4.69, 9.17) is 4.74 Å². The number of carbonyl (C=O) groups is 2. The van der Waals surface area contributed by atoms with Crippen LogP contribution in [0, 0.1) is 0 Å². The van der Waals surface area contributed by atoms with Crippen LogP contribution in [0.5, 0.6) is 5.75 Å². The molecule has 0 aliphatic carbocycles. The second-order valence-corrected chi connectivity index (χ2v) is 7.41. The largest absolute Gasteiger partial charge is 0.481 e. The van der Waals surface area contributed by atoms with Crippen molar-refractivity contribution in [3.05, 3.63) is 102 Å². The van der Waals surface area contributed by atoms with Crippen molar-refractivity contribution < 1.29 is 14.3 Å². The van der Waals surface area contributed by atoms with Crippen molar-refractivity contribution in [1.29, 1.82) is 0 Å². The Morgan fingerprint density at radius 3 is 2.00 bits per heavy atom. The van der Waals surface area contributed by atoms with Crippen LogP contribution in [0.15, 0.2) is 84.9 Å². The molecule has 1 amide bonds. The van der Waals surface area contributed by atoms with E-state index in [1.807, 2.05) is 43.3 Å². The molecule has 30 heavy (non-hydrogen) atoms. The number of aryl methyl sites for hydroxylation is 1. The second kappa shape index (κ2) is 10.4. The molecule has 0 saturated heterocycles. The SMILES string of the molecule is C[C@H](CCc1ccccc1)NC(=O)[C@@H](C)Oc1ccc(C(=O)c2ccccc2)cc1. The number of hydrogen-bond acceptors (Lipinski definition) is 3. The highest BCUT2D eigenvalue weighted by atomic mass is 16.5. The summed E-state index contributed by atoms with van der Waals surface area (Å²) in [5, 5.41) is 3.00. The number of amides is 1. The molecule has 0 spiro atoms. The zero-order chi connectivity index (χ0) is 21.3. The van der Waals surface area contributed by atoms with Crippen LogP contribution >= 0.6 is 0 Å². The molecule has 154 valence electrons. The third-order valence-electron chi connectivity index (χ3n) is 4.93. The van der Waals surface area contributed by atoms with Gasteiger partial charge in [-0.2, -0.15) is 0 Å². The molecule has 4 heteroatoms. The van der Waals surface area contributed by atoms with E-state index in [2.05, 4.69) is 17.4 Å². The van der Waals surface area contributed by atoms with Crippen molar-refractivity contribution in [3.63, 3.8) is 0 Å². The Bertz CT molecular complexity index is 953. The predicted molar refractivity (Wildman–Crippen MR) is 119 cm³/mol. The van der Waals surface area contributed by atoms with Gasteiger partial charge in [-0.3, -0.25) is 9.59 Å². The fourth-order valence-electron chi connectivity index (χ4n) is 3.16. The lowest BCUT2D eigenvalue weighted by Gasteiger charge is -2.19. The van der Waals surface area contributed by atoms with Gasteiger partial charge >= 0.3 is 0 Å². The van der Waals surface area contributed by atoms with E-state index in [1.54, 1.807) is 43.3 Å². The number of hydrogen-bond donors (Lipinski definition) is 1. The Morgan fingerprint density at radius 2 is 1.37 bits per heavy atom. The Labute approximate surface area is 177 Å². The molecule has 3 rings (SSSR count). The van der Waals surface area contributed by atoms with Gasteiger partial charge in [0.2, 0.25) is 0 Å². The first kappa shape index (κ1) is 21.3. The summed E-state index contributed by atoms with van der Waals surface area (Å²) in [5.74, 6) is 0.361. The number of nitrogens with one attached hydrogen (secondary N) is 1. The summed E-state index contributed by atoms with van der Waals surface area (Å²) in [7, 11) is 0. The van der Waals surface area contributed by atoms with Gasteiger partial charge in [-0.1, -0.05) is 60.7 Å². The predicted octanol–water partition coefficient (Wildman–Crippen LogP) is 4.82. The maximum atomic E-state index is 12.5. The van der Waals surface area contributed by atoms with E-state index in [1.165, 1.54) is 5.56 Å². The first-order valence-electron chi connectivity index (χ1n) is 10.2. The highest BCUT2D eigenvalue weighted by Crippen LogP contribution is 2.17. The molecule has 0 aliphatic heterocycles. The van der Waals surface area contributed by atoms with Crippen LogP contribution in [0.25, 0.3) is 0 Å². The van der Waals surface area contributed by atoms with Gasteiger partial charge in [-0.25, -0.2) is 0 Å². The van der Waals surface area contributed by atoms with Gasteiger partial charge in [0, 0.05) is 17.2 Å². The summed E-state index contributed by atoms with van der Waals surface area (Å²) in [4.78, 5) is 24.9. The monoisotopic (exact) mass is 401 g/mol. The smallest absolute Gasteiger partial charge is 0.260 e. The average Bonchev–Trinajstić information content (AvgIpc) is 2.79. The molecule has 0 aromatic heterocycles. The second-order valence-electron chi connectivity index (χ2n) is 7.41. The summed E-state index contributed by atoms with van der Waals surface area (Å²) in [6, 6.07) is 26.3. The summed E-state index contributed by atoms with van der Waals surface area (Å²) in [5.41, 5.74) is 2.48. The lowest BCUT2D eigenvalue weighted by Crippen LogP contribution is -2.41. The molecule has 0 bridgehead atoms. The first-order valence-corrected chi connectivity index (χ1v) is 10.2. The van der Waals surface area contributed by atoms with Gasteiger partial charge in [0.15, 0.2) is 11.9 Å². The molecule has 1 N–H and O–H groups in total. The van der Waals surface area contributed by atoms with Crippen LogP contribution in [-0.2, 0) is 11.2 Å². The van der Waals surface area contributed by atoms with Crippen molar-refractivity contribution in [1.82, 2.24) is 5.32 Å². The topological polar surface area (TPSA) is 55.4 Å². The Hall–Kier alpha value is -3.40. The molecule has 4 nitrogen and oxygen atoms in total. The summed E-state index contributed by atoms with van der Waals surface area (Å²) < 4.78 is 5.76. The quantitative estimate of drug-likeness (QED) is 0.523. The third-order valence-corrected chi connectivity index (χ3v) is 4.93. The van der Waals surface area contributed by atoms with Crippen LogP contribution in [0.3, 0.4) is 0 Å². The molecule has 0 fully saturated rings. The Balaban J connectivity index is 1.49. The van der Waals surface area contributed by atoms with E-state index in [0.29, 0.717) is 16.9 Å². The van der Waals surface area contributed by atoms with Crippen molar-refractivity contribution in [2.45, 2.75) is 38.8 Å². The Kier molecular flexibility index (Phi) is 7.39. The van der Waals surface area contributed by atoms with Crippen LogP contribution in [0.1, 0.15) is 41.8 Å². The minimum absolute atomic E-state index is 0.0415. The zero-order valence-electron chi connectivity index (χ0n) is 17.4. The van der Waals surface area contributed by atoms with E-state index >= 15 is 0 Å². The van der Waals surface area contributed by atoms with E-state index < -0.39 is 6.10 Å². The highest BCUT2D eigenvalue weighted by molar-refractivity contribution is 6.08. The summed E-state index contributed by atoms with van der Waals surface area (Å²) >= 11 is 0. The maximum absolute atomic E-state index is 12.5. The fraction of sp³-hybridized carbons (Fsp3) is 0.231. The van der Waals surface area contributed by atoms with Crippen molar-refractivity contribution in [2.75, 3.05) is 0 Å². The van der Waals surface area contributed by atoms with Gasteiger partial charge in [0.05, 0.1) is 0 Å². The molecule has 0 heterocycles. The molecule has 0 radical (unpaired) electrons. The van der Waals surface area contributed by atoms with Gasteiger partial charge in [-0.15, -0.1) is 0 Å². The van der Waals surface area contributed by atoms with Crippen LogP contribution in [-0.4, -0.2) is 23.8 Å². The first-order chi connectivity index (χ1) is 14.5. The standard InChI is InChI=1S/C26H27NO3/c1-19(13-14-21-9-5-3-6-10-21)27-26(29)20(2)30-24-17-15-23(16-18-24)25(28)22-11-7-4-8-12-22/h3-12,15-20H,13-14H2,1-2H3,(H,27,29)/t19-,20-/m1/s1. The van der Waals surface area contributed by atoms with E-state index in [-0.39, 0.29) is 17.7 Å². The van der Waals surface area contributed by atoms with Crippen LogP contribution < -0.4 is 10.1 Å². The number of ether oxygens (including phenoxy) is 1. The molecular formula is C26H27NO3. The zero-order valence-corrected chi connectivity index (χ0v) is 17.4. The number of carbonyl (C=O) groups excluding carboxylic acids is 2. The molecular weight excluding hydrogens is 374 g/mol. The van der Waals surface area contributed by atoms with Gasteiger partial charge in [0.1, 0.15) is 5.75 Å². The molecule has 3 aromatic carbocycles. The fourth-order valence-corrected chi connectivity index (χ4v) is 3.16. The van der Waals surface area contributed by atoms with Crippen LogP contribution in [0.2, 0.25) is 0 Å². The Morgan fingerprint density at radius 1 is 0.800 bits per heavy atom. The molecule has 0 aliphatic rings. The number of ketones is 1.